The van der Waals surface area contributed by atoms with Crippen LogP contribution >= 0.6 is 11.3 Å². The zero-order valence-corrected chi connectivity index (χ0v) is 30.9. The molecule has 0 radical (unpaired) electrons. The van der Waals surface area contributed by atoms with E-state index in [4.69, 9.17) is 19.9 Å². The number of hydrogen-bond donors (Lipinski definition) is 0. The minimum atomic E-state index is 0.562. The van der Waals surface area contributed by atoms with E-state index >= 15 is 0 Å². The lowest BCUT2D eigenvalue weighted by Crippen LogP contribution is -2.06. The second kappa shape index (κ2) is 13.2. The highest BCUT2D eigenvalue weighted by atomic mass is 32.1. The van der Waals surface area contributed by atoms with Gasteiger partial charge in [0, 0.05) is 49.1 Å². The van der Waals surface area contributed by atoms with Crippen molar-refractivity contribution in [1.29, 1.82) is 0 Å². The summed E-state index contributed by atoms with van der Waals surface area (Å²) in [6.45, 7) is 0. The van der Waals surface area contributed by atoms with Crippen LogP contribution in [0.1, 0.15) is 0 Å². The Morgan fingerprint density at radius 3 is 1.57 bits per heavy atom. The van der Waals surface area contributed by atoms with E-state index in [1.165, 1.54) is 31.3 Å². The molecule has 11 aromatic rings. The molecular weight excluding hydrogens is 703 g/mol. The molecule has 5 nitrogen and oxygen atoms in total. The lowest BCUT2D eigenvalue weighted by Gasteiger charge is -2.12. The fraction of sp³-hybridized carbons (Fsp3) is 0. The van der Waals surface area contributed by atoms with E-state index in [1.54, 1.807) is 0 Å². The molecule has 0 spiro atoms. The van der Waals surface area contributed by atoms with Gasteiger partial charge in [-0.25, -0.2) is 4.98 Å². The Hall–Kier alpha value is -7.28. The van der Waals surface area contributed by atoms with Gasteiger partial charge in [0.15, 0.2) is 11.6 Å². The molecule has 0 atom stereocenters. The van der Waals surface area contributed by atoms with Crippen molar-refractivity contribution in [2.24, 2.45) is 0 Å². The first-order valence-electron chi connectivity index (χ1n) is 18.6. The maximum atomic E-state index is 5.30. The highest BCUT2D eigenvalue weighted by molar-refractivity contribution is 7.26. The largest absolute Gasteiger partial charge is 0.276 e. The fourth-order valence-electron chi connectivity index (χ4n) is 7.88. The highest BCUT2D eigenvalue weighted by Gasteiger charge is 2.25. The van der Waals surface area contributed by atoms with Crippen LogP contribution in [-0.4, -0.2) is 24.5 Å². The summed E-state index contributed by atoms with van der Waals surface area (Å²) in [7, 11) is 0. The van der Waals surface area contributed by atoms with Crippen LogP contribution in [-0.2, 0) is 0 Å². The molecule has 56 heavy (non-hydrogen) atoms. The number of thiophene rings is 1. The van der Waals surface area contributed by atoms with Gasteiger partial charge in [-0.1, -0.05) is 140 Å². The van der Waals surface area contributed by atoms with E-state index in [-0.39, 0.29) is 0 Å². The van der Waals surface area contributed by atoms with Crippen LogP contribution in [0, 0.1) is 0 Å². The van der Waals surface area contributed by atoms with Gasteiger partial charge in [0.2, 0.25) is 5.95 Å². The summed E-state index contributed by atoms with van der Waals surface area (Å²) < 4.78 is 4.65. The predicted molar refractivity (Wildman–Crippen MR) is 232 cm³/mol. The first-order chi connectivity index (χ1) is 27.8. The van der Waals surface area contributed by atoms with Crippen molar-refractivity contribution in [1.82, 2.24) is 24.5 Å². The van der Waals surface area contributed by atoms with Crippen LogP contribution in [0.5, 0.6) is 0 Å². The van der Waals surface area contributed by atoms with E-state index in [9.17, 15) is 0 Å². The van der Waals surface area contributed by atoms with Gasteiger partial charge < -0.3 is 0 Å². The number of nitrogens with zero attached hydrogens (tertiary/aromatic N) is 5. The SMILES string of the molecule is c1ccc(-c2ccc3sc4c(cc(-c5ccccn5)c5c6cc(-c7ccccc7)ccc6n(-c6nc(-c7ccccc7)nc(-c7ccccc7)n6)c45)c3c2)cc1. The summed E-state index contributed by atoms with van der Waals surface area (Å²) in [6.07, 6.45) is 1.88. The summed E-state index contributed by atoms with van der Waals surface area (Å²) in [5.74, 6) is 1.80. The lowest BCUT2D eigenvalue weighted by atomic mass is 9.97. The molecule has 6 heteroatoms. The third-order valence-corrected chi connectivity index (χ3v) is 11.7. The van der Waals surface area contributed by atoms with Gasteiger partial charge in [0.1, 0.15) is 0 Å². The van der Waals surface area contributed by atoms with Crippen molar-refractivity contribution < 1.29 is 0 Å². The zero-order chi connectivity index (χ0) is 37.0. The van der Waals surface area contributed by atoms with Gasteiger partial charge in [0.25, 0.3) is 0 Å². The van der Waals surface area contributed by atoms with Gasteiger partial charge in [-0.15, -0.1) is 11.3 Å². The molecule has 0 aliphatic carbocycles. The summed E-state index contributed by atoms with van der Waals surface area (Å²) in [4.78, 5) is 20.6. The van der Waals surface area contributed by atoms with Crippen molar-refractivity contribution >= 4 is 53.3 Å². The summed E-state index contributed by atoms with van der Waals surface area (Å²) in [5, 5.41) is 4.60. The molecule has 0 aliphatic rings. The molecular formula is C50H31N5S. The Morgan fingerprint density at radius 1 is 0.429 bits per heavy atom. The minimum Gasteiger partial charge on any atom is -0.276 e. The first-order valence-corrected chi connectivity index (χ1v) is 19.5. The molecule has 0 unspecified atom stereocenters. The van der Waals surface area contributed by atoms with Crippen molar-refractivity contribution in [3.8, 4) is 62.2 Å². The van der Waals surface area contributed by atoms with Gasteiger partial charge in [0.05, 0.1) is 21.4 Å². The number of benzene rings is 7. The van der Waals surface area contributed by atoms with Crippen LogP contribution in [0.2, 0.25) is 0 Å². The lowest BCUT2D eigenvalue weighted by molar-refractivity contribution is 0.955. The van der Waals surface area contributed by atoms with Gasteiger partial charge in [-0.3, -0.25) is 9.55 Å². The van der Waals surface area contributed by atoms with Crippen LogP contribution in [0.15, 0.2) is 188 Å². The summed E-state index contributed by atoms with van der Waals surface area (Å²) in [5.41, 5.74) is 10.6. The summed E-state index contributed by atoms with van der Waals surface area (Å²) in [6, 6.07) is 63.6. The average Bonchev–Trinajstić information content (AvgIpc) is 3.83. The van der Waals surface area contributed by atoms with Crippen molar-refractivity contribution in [2.75, 3.05) is 0 Å². The summed E-state index contributed by atoms with van der Waals surface area (Å²) >= 11 is 1.81. The molecule has 0 saturated carbocycles. The van der Waals surface area contributed by atoms with E-state index in [1.807, 2.05) is 60.0 Å². The molecule has 0 N–H and O–H groups in total. The third kappa shape index (κ3) is 5.38. The number of fused-ring (bicyclic) bond motifs is 7. The molecule has 262 valence electrons. The molecule has 7 aromatic carbocycles. The topological polar surface area (TPSA) is 56.5 Å². The Kier molecular flexibility index (Phi) is 7.60. The Labute approximate surface area is 326 Å². The fourth-order valence-corrected chi connectivity index (χ4v) is 9.08. The zero-order valence-electron chi connectivity index (χ0n) is 30.0. The maximum Gasteiger partial charge on any atom is 0.238 e. The molecule has 4 heterocycles. The molecule has 0 bridgehead atoms. The molecule has 0 amide bonds. The average molecular weight is 734 g/mol. The molecule has 0 aliphatic heterocycles. The smallest absolute Gasteiger partial charge is 0.238 e. The maximum absolute atomic E-state index is 5.30. The molecule has 0 saturated heterocycles. The number of rotatable bonds is 6. The second-order valence-electron chi connectivity index (χ2n) is 13.9. The standard InChI is InChI=1S/C50H31N5S/c1-5-15-32(16-6-1)36-24-26-43-41(30-36)45-40(42-23-13-14-28-51-42)31-39-38-29-37(33-17-7-2-8-18-33)25-27-44(38)56-47(39)46(45)55(43)50-53-48(34-19-9-3-10-20-34)52-49(54-50)35-21-11-4-12-22-35/h1-31H. The molecule has 11 rings (SSSR count). The van der Waals surface area contributed by atoms with Gasteiger partial charge >= 0.3 is 0 Å². The van der Waals surface area contributed by atoms with E-state index in [0.717, 1.165) is 55.3 Å². The van der Waals surface area contributed by atoms with Crippen LogP contribution in [0.25, 0.3) is 104 Å². The monoisotopic (exact) mass is 733 g/mol. The van der Waals surface area contributed by atoms with E-state index in [0.29, 0.717) is 17.6 Å². The first kappa shape index (κ1) is 32.2. The van der Waals surface area contributed by atoms with Crippen LogP contribution < -0.4 is 0 Å². The van der Waals surface area contributed by atoms with E-state index < -0.39 is 0 Å². The van der Waals surface area contributed by atoms with Gasteiger partial charge in [-0.2, -0.15) is 9.97 Å². The van der Waals surface area contributed by atoms with Crippen molar-refractivity contribution in [3.05, 3.63) is 188 Å². The van der Waals surface area contributed by atoms with Crippen LogP contribution in [0.4, 0.5) is 0 Å². The van der Waals surface area contributed by atoms with Crippen molar-refractivity contribution in [3.63, 3.8) is 0 Å². The minimum absolute atomic E-state index is 0.562. The third-order valence-electron chi connectivity index (χ3n) is 10.5. The van der Waals surface area contributed by atoms with E-state index in [2.05, 4.69) is 144 Å². The van der Waals surface area contributed by atoms with Gasteiger partial charge in [-0.05, 0) is 64.7 Å². The normalized spacial score (nSPS) is 11.6. The van der Waals surface area contributed by atoms with Crippen LogP contribution in [0.3, 0.4) is 0 Å². The Morgan fingerprint density at radius 2 is 0.982 bits per heavy atom. The number of aromatic nitrogens is 5. The number of pyridine rings is 1. The highest BCUT2D eigenvalue weighted by Crippen LogP contribution is 2.48. The Balaban J connectivity index is 1.31. The Bertz CT molecular complexity index is 3160. The van der Waals surface area contributed by atoms with Crippen molar-refractivity contribution in [2.45, 2.75) is 0 Å². The molecule has 4 aromatic heterocycles. The second-order valence-corrected chi connectivity index (χ2v) is 14.9. The quantitative estimate of drug-likeness (QED) is 0.171. The molecule has 0 fully saturated rings. The predicted octanol–water partition coefficient (Wildman–Crippen LogP) is 13.1. The number of hydrogen-bond acceptors (Lipinski definition) is 5.